The van der Waals surface area contributed by atoms with E-state index < -0.39 is 11.7 Å². The van der Waals surface area contributed by atoms with Crippen LogP contribution in [0.2, 0.25) is 0 Å². The monoisotopic (exact) mass is 435 g/mol. The maximum Gasteiger partial charge on any atom is 0.258 e. The van der Waals surface area contributed by atoms with Crippen molar-refractivity contribution in [2.75, 3.05) is 29.9 Å². The number of rotatable bonds is 7. The zero-order valence-electron chi connectivity index (χ0n) is 18.6. The van der Waals surface area contributed by atoms with Crippen molar-refractivity contribution in [1.29, 1.82) is 0 Å². The van der Waals surface area contributed by atoms with Crippen LogP contribution in [0.5, 0.6) is 0 Å². The lowest BCUT2D eigenvalue weighted by Crippen LogP contribution is -2.43. The van der Waals surface area contributed by atoms with Gasteiger partial charge in [0, 0.05) is 36.2 Å². The van der Waals surface area contributed by atoms with Gasteiger partial charge in [-0.05, 0) is 81.6 Å². The van der Waals surface area contributed by atoms with Crippen LogP contribution in [0.3, 0.4) is 0 Å². The summed E-state index contributed by atoms with van der Waals surface area (Å²) in [7, 11) is 0. The van der Waals surface area contributed by atoms with Gasteiger partial charge in [-0.25, -0.2) is 4.39 Å². The maximum atomic E-state index is 13.8. The fourth-order valence-corrected chi connectivity index (χ4v) is 4.28. The van der Waals surface area contributed by atoms with Crippen LogP contribution in [-0.2, 0) is 6.42 Å². The smallest absolute Gasteiger partial charge is 0.258 e. The second kappa shape index (κ2) is 9.96. The predicted octanol–water partition coefficient (Wildman–Crippen LogP) is 4.22. The summed E-state index contributed by atoms with van der Waals surface area (Å²) in [5.41, 5.74) is 5.40. The number of anilines is 2. The fraction of sp³-hybridized carbons (Fsp3) is 0.360. The van der Waals surface area contributed by atoms with E-state index in [1.807, 2.05) is 31.2 Å². The second-order valence-electron chi connectivity index (χ2n) is 8.36. The van der Waals surface area contributed by atoms with Gasteiger partial charge in [0.1, 0.15) is 5.82 Å². The van der Waals surface area contributed by atoms with Crippen LogP contribution in [0.4, 0.5) is 15.8 Å². The lowest BCUT2D eigenvalue weighted by molar-refractivity contribution is 0.102. The van der Waals surface area contributed by atoms with Gasteiger partial charge in [-0.3, -0.25) is 9.89 Å². The van der Waals surface area contributed by atoms with E-state index in [-0.39, 0.29) is 5.56 Å². The third-order valence-corrected chi connectivity index (χ3v) is 6.19. The van der Waals surface area contributed by atoms with E-state index in [0.717, 1.165) is 56.0 Å². The molecule has 1 amide bonds. The number of hydrogen-bond donors (Lipinski definition) is 3. The summed E-state index contributed by atoms with van der Waals surface area (Å²) in [5.74, 6) is -0.961. The second-order valence-corrected chi connectivity index (χ2v) is 8.36. The Bertz CT molecular complexity index is 1030. The number of amides is 1. The van der Waals surface area contributed by atoms with E-state index in [2.05, 4.69) is 32.7 Å². The molecule has 1 aromatic heterocycles. The number of aromatic nitrogens is 2. The Morgan fingerprint density at radius 3 is 2.50 bits per heavy atom. The molecule has 0 bridgehead atoms. The van der Waals surface area contributed by atoms with Gasteiger partial charge >= 0.3 is 0 Å². The normalized spacial score (nSPS) is 14.5. The van der Waals surface area contributed by atoms with E-state index in [1.165, 1.54) is 17.7 Å². The molecule has 2 heterocycles. The van der Waals surface area contributed by atoms with Gasteiger partial charge in [0.15, 0.2) is 0 Å². The SMILES string of the molecule is Cc1n[nH]c(C)c1CCNC1CCN(c2ccc(NC(=O)c3ccccc3F)cc2)CC1. The Labute approximate surface area is 188 Å². The number of nitrogens with zero attached hydrogens (tertiary/aromatic N) is 2. The topological polar surface area (TPSA) is 73.1 Å². The first-order valence-electron chi connectivity index (χ1n) is 11.2. The van der Waals surface area contributed by atoms with E-state index in [4.69, 9.17) is 0 Å². The van der Waals surface area contributed by atoms with E-state index >= 15 is 0 Å². The minimum Gasteiger partial charge on any atom is -0.371 e. The molecule has 2 aromatic carbocycles. The summed E-state index contributed by atoms with van der Waals surface area (Å²) in [4.78, 5) is 14.6. The summed E-state index contributed by atoms with van der Waals surface area (Å²) < 4.78 is 13.8. The number of carbonyl (C=O) groups is 1. The van der Waals surface area contributed by atoms with Gasteiger partial charge < -0.3 is 15.5 Å². The quantitative estimate of drug-likeness (QED) is 0.520. The Morgan fingerprint density at radius 2 is 1.84 bits per heavy atom. The summed E-state index contributed by atoms with van der Waals surface area (Å²) in [5, 5.41) is 13.8. The molecule has 0 aliphatic carbocycles. The summed E-state index contributed by atoms with van der Waals surface area (Å²) >= 11 is 0. The number of hydrogen-bond acceptors (Lipinski definition) is 4. The minimum absolute atomic E-state index is 0.0456. The van der Waals surface area contributed by atoms with Gasteiger partial charge in [-0.2, -0.15) is 5.10 Å². The van der Waals surface area contributed by atoms with Crippen LogP contribution >= 0.6 is 0 Å². The molecule has 0 saturated carbocycles. The molecule has 32 heavy (non-hydrogen) atoms. The Kier molecular flexibility index (Phi) is 6.85. The first-order valence-corrected chi connectivity index (χ1v) is 11.2. The molecule has 168 valence electrons. The lowest BCUT2D eigenvalue weighted by atomic mass is 10.0. The van der Waals surface area contributed by atoms with Gasteiger partial charge in [0.2, 0.25) is 0 Å². The molecule has 0 atom stereocenters. The minimum atomic E-state index is -0.520. The summed E-state index contributed by atoms with van der Waals surface area (Å²) in [6.45, 7) is 7.06. The highest BCUT2D eigenvalue weighted by atomic mass is 19.1. The van der Waals surface area contributed by atoms with Crippen molar-refractivity contribution >= 4 is 17.3 Å². The third-order valence-electron chi connectivity index (χ3n) is 6.19. The summed E-state index contributed by atoms with van der Waals surface area (Å²) in [6.07, 6.45) is 3.18. The van der Waals surface area contributed by atoms with Crippen LogP contribution in [0.25, 0.3) is 0 Å². The number of aromatic amines is 1. The van der Waals surface area contributed by atoms with Gasteiger partial charge in [0.25, 0.3) is 5.91 Å². The van der Waals surface area contributed by atoms with Crippen molar-refractivity contribution in [3.05, 3.63) is 76.9 Å². The first kappa shape index (κ1) is 22.0. The molecule has 1 fully saturated rings. The zero-order valence-corrected chi connectivity index (χ0v) is 18.6. The number of benzene rings is 2. The zero-order chi connectivity index (χ0) is 22.5. The van der Waals surface area contributed by atoms with Crippen LogP contribution < -0.4 is 15.5 Å². The maximum absolute atomic E-state index is 13.8. The molecule has 1 aliphatic heterocycles. The van der Waals surface area contributed by atoms with Crippen molar-refractivity contribution in [3.8, 4) is 0 Å². The molecule has 1 saturated heterocycles. The van der Waals surface area contributed by atoms with Crippen molar-refractivity contribution in [3.63, 3.8) is 0 Å². The predicted molar refractivity (Wildman–Crippen MR) is 126 cm³/mol. The number of nitrogens with one attached hydrogen (secondary N) is 3. The van der Waals surface area contributed by atoms with Crippen LogP contribution in [-0.4, -0.2) is 41.8 Å². The van der Waals surface area contributed by atoms with Crippen molar-refractivity contribution < 1.29 is 9.18 Å². The van der Waals surface area contributed by atoms with Crippen molar-refractivity contribution in [1.82, 2.24) is 15.5 Å². The molecule has 0 spiro atoms. The largest absolute Gasteiger partial charge is 0.371 e. The van der Waals surface area contributed by atoms with Crippen molar-refractivity contribution in [2.45, 2.75) is 39.2 Å². The number of H-pyrrole nitrogens is 1. The summed E-state index contributed by atoms with van der Waals surface area (Å²) in [6, 6.07) is 14.3. The molecule has 3 aromatic rings. The number of halogens is 1. The average molecular weight is 436 g/mol. The third kappa shape index (κ3) is 5.16. The molecule has 7 heteroatoms. The molecular weight excluding hydrogens is 405 g/mol. The lowest BCUT2D eigenvalue weighted by Gasteiger charge is -2.34. The van der Waals surface area contributed by atoms with Crippen LogP contribution in [0, 0.1) is 19.7 Å². The highest BCUT2D eigenvalue weighted by Gasteiger charge is 2.19. The fourth-order valence-electron chi connectivity index (χ4n) is 4.28. The van der Waals surface area contributed by atoms with E-state index in [0.29, 0.717) is 11.7 Å². The van der Waals surface area contributed by atoms with Crippen LogP contribution in [0.15, 0.2) is 48.5 Å². The molecular formula is C25H30FN5O. The Balaban J connectivity index is 1.24. The number of aryl methyl sites for hydroxylation is 2. The van der Waals surface area contributed by atoms with Crippen molar-refractivity contribution in [2.24, 2.45) is 0 Å². The first-order chi connectivity index (χ1) is 15.5. The number of carbonyl (C=O) groups excluding carboxylic acids is 1. The average Bonchev–Trinajstić information content (AvgIpc) is 3.12. The van der Waals surface area contributed by atoms with Gasteiger partial charge in [-0.15, -0.1) is 0 Å². The molecule has 4 rings (SSSR count). The molecule has 0 radical (unpaired) electrons. The number of piperidine rings is 1. The standard InChI is InChI=1S/C25H30FN5O/c1-17-22(18(2)30-29-17)11-14-27-19-12-15-31(16-13-19)21-9-7-20(8-10-21)28-25(32)23-5-3-4-6-24(23)26/h3-10,19,27H,11-16H2,1-2H3,(H,28,32)(H,29,30). The van der Waals surface area contributed by atoms with Crippen LogP contribution in [0.1, 0.15) is 40.2 Å². The van der Waals surface area contributed by atoms with Gasteiger partial charge in [-0.1, -0.05) is 12.1 Å². The molecule has 6 nitrogen and oxygen atoms in total. The molecule has 0 unspecified atom stereocenters. The Hall–Kier alpha value is -3.19. The highest BCUT2D eigenvalue weighted by molar-refractivity contribution is 6.04. The molecule has 3 N–H and O–H groups in total. The van der Waals surface area contributed by atoms with Gasteiger partial charge in [0.05, 0.1) is 11.3 Å². The molecule has 1 aliphatic rings. The Morgan fingerprint density at radius 1 is 1.12 bits per heavy atom. The van der Waals surface area contributed by atoms with E-state index in [9.17, 15) is 9.18 Å². The highest BCUT2D eigenvalue weighted by Crippen LogP contribution is 2.23. The van der Waals surface area contributed by atoms with E-state index in [1.54, 1.807) is 12.1 Å².